The largest absolute Gasteiger partial charge is 0.312 e. The van der Waals surface area contributed by atoms with Crippen LogP contribution in [0.15, 0.2) is 18.3 Å². The number of nitrogens with one attached hydrogen (secondary N) is 1. The predicted octanol–water partition coefficient (Wildman–Crippen LogP) is 3.75. The smallest absolute Gasteiger partial charge is 0.142 e. The first-order valence-electron chi connectivity index (χ1n) is 6.75. The Hall–Kier alpha value is -1.26. The third-order valence-electron chi connectivity index (χ3n) is 2.94. The van der Waals surface area contributed by atoms with E-state index in [1.807, 2.05) is 12.3 Å². The van der Waals surface area contributed by atoms with E-state index in [4.69, 9.17) is 4.98 Å². The zero-order chi connectivity index (χ0) is 13.8. The Balaban J connectivity index is 2.36. The van der Waals surface area contributed by atoms with Crippen molar-refractivity contribution in [1.29, 1.82) is 0 Å². The third-order valence-corrected chi connectivity index (χ3v) is 4.04. The standard InChI is InChI=1S/C15H21N3S/c1-5-16-9-13-14(10(2)3)18-15(19-13)12-8-11(4)6-7-17-12/h6-8,10,16H,5,9H2,1-4H3. The van der Waals surface area contributed by atoms with E-state index in [1.54, 1.807) is 11.3 Å². The maximum Gasteiger partial charge on any atom is 0.142 e. The molecule has 0 bridgehead atoms. The van der Waals surface area contributed by atoms with Gasteiger partial charge in [-0.15, -0.1) is 11.3 Å². The second-order valence-corrected chi connectivity index (χ2v) is 6.06. The van der Waals surface area contributed by atoms with Crippen LogP contribution in [0.4, 0.5) is 0 Å². The van der Waals surface area contributed by atoms with Crippen molar-refractivity contribution in [2.75, 3.05) is 6.54 Å². The molecule has 4 heteroatoms. The fraction of sp³-hybridized carbons (Fsp3) is 0.467. The quantitative estimate of drug-likeness (QED) is 0.903. The minimum absolute atomic E-state index is 0.448. The number of aryl methyl sites for hydroxylation is 1. The van der Waals surface area contributed by atoms with Gasteiger partial charge in [-0.3, -0.25) is 4.98 Å². The molecule has 0 aliphatic heterocycles. The normalized spacial score (nSPS) is 11.2. The number of hydrogen-bond donors (Lipinski definition) is 1. The van der Waals surface area contributed by atoms with Crippen LogP contribution in [-0.2, 0) is 6.54 Å². The van der Waals surface area contributed by atoms with Gasteiger partial charge in [-0.2, -0.15) is 0 Å². The van der Waals surface area contributed by atoms with Crippen LogP contribution in [0.5, 0.6) is 0 Å². The summed E-state index contributed by atoms with van der Waals surface area (Å²) in [5.74, 6) is 0.448. The number of pyridine rings is 1. The highest BCUT2D eigenvalue weighted by Gasteiger charge is 2.15. The molecule has 0 amide bonds. The minimum atomic E-state index is 0.448. The molecule has 19 heavy (non-hydrogen) atoms. The average Bonchev–Trinajstić information content (AvgIpc) is 2.80. The zero-order valence-electron chi connectivity index (χ0n) is 12.0. The van der Waals surface area contributed by atoms with Crippen molar-refractivity contribution >= 4 is 11.3 Å². The average molecular weight is 275 g/mol. The van der Waals surface area contributed by atoms with Crippen molar-refractivity contribution in [1.82, 2.24) is 15.3 Å². The van der Waals surface area contributed by atoms with Gasteiger partial charge in [0.1, 0.15) is 5.01 Å². The number of nitrogens with zero attached hydrogens (tertiary/aromatic N) is 2. The van der Waals surface area contributed by atoms with Crippen LogP contribution in [0.2, 0.25) is 0 Å². The molecular weight excluding hydrogens is 254 g/mol. The zero-order valence-corrected chi connectivity index (χ0v) is 12.8. The van der Waals surface area contributed by atoms with Crippen molar-refractivity contribution in [2.24, 2.45) is 0 Å². The van der Waals surface area contributed by atoms with Gasteiger partial charge in [0.05, 0.1) is 11.4 Å². The van der Waals surface area contributed by atoms with E-state index in [0.29, 0.717) is 5.92 Å². The molecule has 2 aromatic heterocycles. The summed E-state index contributed by atoms with van der Waals surface area (Å²) in [6, 6.07) is 4.11. The molecule has 0 aromatic carbocycles. The molecule has 0 saturated heterocycles. The molecule has 0 aliphatic rings. The first kappa shape index (κ1) is 14.2. The molecule has 0 aliphatic carbocycles. The summed E-state index contributed by atoms with van der Waals surface area (Å²) < 4.78 is 0. The van der Waals surface area contributed by atoms with Gasteiger partial charge >= 0.3 is 0 Å². The Bertz CT molecular complexity index is 546. The molecule has 2 rings (SSSR count). The molecule has 0 radical (unpaired) electrons. The summed E-state index contributed by atoms with van der Waals surface area (Å²) >= 11 is 1.75. The Morgan fingerprint density at radius 3 is 2.79 bits per heavy atom. The van der Waals surface area contributed by atoms with E-state index in [2.05, 4.69) is 44.1 Å². The molecule has 0 fully saturated rings. The van der Waals surface area contributed by atoms with Crippen molar-refractivity contribution in [3.05, 3.63) is 34.5 Å². The predicted molar refractivity (Wildman–Crippen MR) is 81.6 cm³/mol. The highest BCUT2D eigenvalue weighted by atomic mass is 32.1. The van der Waals surface area contributed by atoms with E-state index < -0.39 is 0 Å². The third kappa shape index (κ3) is 3.39. The molecule has 102 valence electrons. The molecule has 1 N–H and O–H groups in total. The second-order valence-electron chi connectivity index (χ2n) is 4.98. The van der Waals surface area contributed by atoms with Gasteiger partial charge in [-0.05, 0) is 37.1 Å². The molecule has 0 spiro atoms. The monoisotopic (exact) mass is 275 g/mol. The lowest BCUT2D eigenvalue weighted by Crippen LogP contribution is -2.12. The van der Waals surface area contributed by atoms with E-state index in [-0.39, 0.29) is 0 Å². The lowest BCUT2D eigenvalue weighted by Gasteiger charge is -2.04. The summed E-state index contributed by atoms with van der Waals surface area (Å²) in [4.78, 5) is 10.6. The summed E-state index contributed by atoms with van der Waals surface area (Å²) in [6.45, 7) is 10.5. The Kier molecular flexibility index (Phi) is 4.66. The SMILES string of the molecule is CCNCc1sc(-c2cc(C)ccn2)nc1C(C)C. The van der Waals surface area contributed by atoms with Crippen molar-refractivity contribution in [3.63, 3.8) is 0 Å². The fourth-order valence-electron chi connectivity index (χ4n) is 1.94. The van der Waals surface area contributed by atoms with Crippen LogP contribution in [0, 0.1) is 6.92 Å². The molecular formula is C15H21N3S. The maximum atomic E-state index is 4.79. The van der Waals surface area contributed by atoms with Crippen LogP contribution in [-0.4, -0.2) is 16.5 Å². The minimum Gasteiger partial charge on any atom is -0.312 e. The van der Waals surface area contributed by atoms with E-state index in [1.165, 1.54) is 16.1 Å². The van der Waals surface area contributed by atoms with Gasteiger partial charge in [0.2, 0.25) is 0 Å². The van der Waals surface area contributed by atoms with Gasteiger partial charge in [0.25, 0.3) is 0 Å². The Morgan fingerprint density at radius 2 is 2.16 bits per heavy atom. The summed E-state index contributed by atoms with van der Waals surface area (Å²) in [7, 11) is 0. The van der Waals surface area contributed by atoms with Crippen molar-refractivity contribution in [2.45, 2.75) is 40.2 Å². The van der Waals surface area contributed by atoms with E-state index >= 15 is 0 Å². The Labute approximate surface area is 119 Å². The molecule has 0 saturated carbocycles. The summed E-state index contributed by atoms with van der Waals surface area (Å²) in [6.07, 6.45) is 1.85. The highest BCUT2D eigenvalue weighted by molar-refractivity contribution is 7.15. The van der Waals surface area contributed by atoms with Gasteiger partial charge in [-0.1, -0.05) is 20.8 Å². The van der Waals surface area contributed by atoms with Crippen molar-refractivity contribution in [3.8, 4) is 10.7 Å². The second kappa shape index (κ2) is 6.26. The lowest BCUT2D eigenvalue weighted by atomic mass is 10.1. The Morgan fingerprint density at radius 1 is 1.37 bits per heavy atom. The van der Waals surface area contributed by atoms with Crippen LogP contribution in [0.25, 0.3) is 10.7 Å². The van der Waals surface area contributed by atoms with Crippen molar-refractivity contribution < 1.29 is 0 Å². The molecule has 2 aromatic rings. The van der Waals surface area contributed by atoms with Crippen LogP contribution in [0.3, 0.4) is 0 Å². The van der Waals surface area contributed by atoms with Crippen LogP contribution in [0.1, 0.15) is 42.8 Å². The summed E-state index contributed by atoms with van der Waals surface area (Å²) in [5.41, 5.74) is 3.40. The lowest BCUT2D eigenvalue weighted by molar-refractivity contribution is 0.714. The van der Waals surface area contributed by atoms with Gasteiger partial charge in [0, 0.05) is 17.6 Å². The number of thiazole rings is 1. The number of hydrogen-bond acceptors (Lipinski definition) is 4. The topological polar surface area (TPSA) is 37.8 Å². The van der Waals surface area contributed by atoms with E-state index in [9.17, 15) is 0 Å². The summed E-state index contributed by atoms with van der Waals surface area (Å²) in [5, 5.41) is 4.41. The van der Waals surface area contributed by atoms with Gasteiger partial charge < -0.3 is 5.32 Å². The maximum absolute atomic E-state index is 4.79. The van der Waals surface area contributed by atoms with Crippen LogP contribution < -0.4 is 5.32 Å². The molecule has 0 atom stereocenters. The van der Waals surface area contributed by atoms with Gasteiger partial charge in [-0.25, -0.2) is 4.98 Å². The first-order valence-corrected chi connectivity index (χ1v) is 7.56. The molecule has 3 nitrogen and oxygen atoms in total. The van der Waals surface area contributed by atoms with Crippen LogP contribution >= 0.6 is 11.3 Å². The molecule has 2 heterocycles. The first-order chi connectivity index (χ1) is 9.11. The fourth-order valence-corrected chi connectivity index (χ4v) is 3.10. The highest BCUT2D eigenvalue weighted by Crippen LogP contribution is 2.31. The van der Waals surface area contributed by atoms with Gasteiger partial charge in [0.15, 0.2) is 0 Å². The van der Waals surface area contributed by atoms with E-state index in [0.717, 1.165) is 23.8 Å². The number of aromatic nitrogens is 2. The molecule has 0 unspecified atom stereocenters. The number of rotatable bonds is 5.